The van der Waals surface area contributed by atoms with Crippen LogP contribution < -0.4 is 5.30 Å². The highest BCUT2D eigenvalue weighted by Gasteiger charge is 2.44. The van der Waals surface area contributed by atoms with Crippen LogP contribution in [0.15, 0.2) is 54.6 Å². The van der Waals surface area contributed by atoms with Crippen LogP contribution in [0.25, 0.3) is 0 Å². The SMILES string of the molecule is Cc1cc(C)c(C(=O)P(=O)(C(=O)c2c(C)cc(C)cc2C)c2ccccc2)c(C)c1.O=[PH2+]. The van der Waals surface area contributed by atoms with Crippen LogP contribution in [-0.2, 0) is 9.13 Å². The first-order valence-electron chi connectivity index (χ1n) is 10.2. The van der Waals surface area contributed by atoms with Gasteiger partial charge in [-0.05, 0) is 63.8 Å². The van der Waals surface area contributed by atoms with Crippen LogP contribution in [0.1, 0.15) is 54.1 Å². The topological polar surface area (TPSA) is 68.3 Å². The third-order valence-corrected chi connectivity index (χ3v) is 8.09. The summed E-state index contributed by atoms with van der Waals surface area (Å²) in [6.07, 6.45) is 0. The number of rotatable bonds is 5. The van der Waals surface area contributed by atoms with Gasteiger partial charge in [0.1, 0.15) is 0 Å². The molecule has 0 N–H and O–H groups in total. The first kappa shape index (κ1) is 25.6. The summed E-state index contributed by atoms with van der Waals surface area (Å²) in [6, 6.07) is 16.0. The second kappa shape index (κ2) is 10.3. The van der Waals surface area contributed by atoms with Crippen LogP contribution >= 0.6 is 16.3 Å². The van der Waals surface area contributed by atoms with E-state index in [1.807, 2.05) is 65.8 Å². The smallest absolute Gasteiger partial charge is 0.302 e. The molecule has 3 aromatic rings. The molecule has 0 saturated heterocycles. The van der Waals surface area contributed by atoms with Crippen molar-refractivity contribution in [1.29, 1.82) is 0 Å². The number of hydrogen-bond acceptors (Lipinski definition) is 4. The largest absolute Gasteiger partial charge is 0.310 e. The minimum atomic E-state index is -4.11. The average Bonchev–Trinajstić information content (AvgIpc) is 2.73. The lowest BCUT2D eigenvalue weighted by atomic mass is 10.0. The second-order valence-electron chi connectivity index (χ2n) is 8.10. The zero-order valence-corrected chi connectivity index (χ0v) is 21.4. The van der Waals surface area contributed by atoms with Crippen molar-refractivity contribution in [2.24, 2.45) is 0 Å². The molecule has 1 unspecified atom stereocenters. The highest BCUT2D eigenvalue weighted by atomic mass is 31.2. The summed E-state index contributed by atoms with van der Waals surface area (Å²) in [7, 11) is -2.95. The summed E-state index contributed by atoms with van der Waals surface area (Å²) < 4.78 is 22.7. The summed E-state index contributed by atoms with van der Waals surface area (Å²) in [6.45, 7) is 11.2. The molecule has 32 heavy (non-hydrogen) atoms. The van der Waals surface area contributed by atoms with Crippen LogP contribution in [0.3, 0.4) is 0 Å². The van der Waals surface area contributed by atoms with Crippen molar-refractivity contribution in [3.8, 4) is 0 Å². The Morgan fingerprint density at radius 3 is 1.25 bits per heavy atom. The van der Waals surface area contributed by atoms with E-state index in [0.717, 1.165) is 33.4 Å². The van der Waals surface area contributed by atoms with Crippen LogP contribution in [-0.4, -0.2) is 11.0 Å². The van der Waals surface area contributed by atoms with Gasteiger partial charge in [-0.2, -0.15) is 0 Å². The van der Waals surface area contributed by atoms with Crippen LogP contribution in [0, 0.1) is 41.5 Å². The van der Waals surface area contributed by atoms with E-state index in [-0.39, 0.29) is 5.30 Å². The van der Waals surface area contributed by atoms with E-state index in [2.05, 4.69) is 0 Å². The van der Waals surface area contributed by atoms with E-state index in [0.29, 0.717) is 11.1 Å². The van der Waals surface area contributed by atoms with E-state index >= 15 is 0 Å². The average molecular weight is 467 g/mol. The maximum atomic E-state index is 14.5. The number of carbonyl (C=O) groups is 2. The Hall–Kier alpha value is -2.67. The van der Waals surface area contributed by atoms with Crippen LogP contribution in [0.4, 0.5) is 0 Å². The standard InChI is InChI=1S/C26H27O3P.H2OP/c1-16-12-18(3)23(19(4)13-16)25(27)30(29,22-10-8-7-9-11-22)26(28)24-20(5)14-17(2)15-21(24)6;1-2/h7-15H,1-6H3;2H2/q;+1. The molecular weight excluding hydrogens is 438 g/mol. The highest BCUT2D eigenvalue weighted by Crippen LogP contribution is 2.52. The molecule has 0 saturated carbocycles. The zero-order valence-electron chi connectivity index (χ0n) is 19.4. The summed E-state index contributed by atoms with van der Waals surface area (Å²) in [4.78, 5) is 27.7. The fourth-order valence-electron chi connectivity index (χ4n) is 4.31. The van der Waals surface area contributed by atoms with Gasteiger partial charge < -0.3 is 4.57 Å². The molecular formula is C26H29O4P2+. The summed E-state index contributed by atoms with van der Waals surface area (Å²) in [5, 5.41) is 0.277. The van der Waals surface area contributed by atoms with E-state index < -0.39 is 18.2 Å². The van der Waals surface area contributed by atoms with Crippen molar-refractivity contribution in [3.05, 3.63) is 99.1 Å². The molecule has 0 heterocycles. The van der Waals surface area contributed by atoms with Gasteiger partial charge in [-0.25, -0.2) is 0 Å². The molecule has 0 radical (unpaired) electrons. The molecule has 3 rings (SSSR count). The van der Waals surface area contributed by atoms with Crippen molar-refractivity contribution < 1.29 is 18.7 Å². The quantitative estimate of drug-likeness (QED) is 0.407. The Morgan fingerprint density at radius 2 is 0.938 bits per heavy atom. The lowest BCUT2D eigenvalue weighted by Gasteiger charge is -2.21. The molecule has 0 spiro atoms. The number of aryl methyl sites for hydroxylation is 6. The minimum absolute atomic E-state index is 0.277. The molecule has 166 valence electrons. The van der Waals surface area contributed by atoms with Gasteiger partial charge in [0.25, 0.3) is 0 Å². The maximum absolute atomic E-state index is 14.5. The first-order valence-corrected chi connectivity index (χ1v) is 12.4. The molecule has 0 aliphatic heterocycles. The molecule has 3 aromatic carbocycles. The highest BCUT2D eigenvalue weighted by molar-refractivity contribution is 8.01. The number of carbonyl (C=O) groups excluding carboxylic acids is 2. The van der Waals surface area contributed by atoms with Gasteiger partial charge in [0.15, 0.2) is 0 Å². The Kier molecular flexibility index (Phi) is 8.24. The van der Waals surface area contributed by atoms with E-state index in [9.17, 15) is 14.2 Å². The van der Waals surface area contributed by atoms with Gasteiger partial charge in [0.2, 0.25) is 18.2 Å². The van der Waals surface area contributed by atoms with Crippen molar-refractivity contribution in [3.63, 3.8) is 0 Å². The zero-order chi connectivity index (χ0) is 24.2. The van der Waals surface area contributed by atoms with Gasteiger partial charge in [-0.15, -0.1) is 0 Å². The lowest BCUT2D eigenvalue weighted by Crippen LogP contribution is -2.23. The third-order valence-electron chi connectivity index (χ3n) is 5.47. The monoisotopic (exact) mass is 467 g/mol. The number of benzene rings is 3. The minimum Gasteiger partial charge on any atom is -0.302 e. The number of hydrogen-bond donors (Lipinski definition) is 0. The molecule has 1 atom stereocenters. The van der Waals surface area contributed by atoms with Crippen LogP contribution in [0.2, 0.25) is 0 Å². The molecule has 0 amide bonds. The van der Waals surface area contributed by atoms with E-state index in [1.165, 1.54) is 9.12 Å². The molecule has 6 heteroatoms. The van der Waals surface area contributed by atoms with Gasteiger partial charge in [-0.1, -0.05) is 70.3 Å². The fraction of sp³-hybridized carbons (Fsp3) is 0.231. The van der Waals surface area contributed by atoms with Gasteiger partial charge >= 0.3 is 9.12 Å². The lowest BCUT2D eigenvalue weighted by molar-refractivity contribution is 0.104. The van der Waals surface area contributed by atoms with Crippen molar-refractivity contribution in [2.45, 2.75) is 41.5 Å². The van der Waals surface area contributed by atoms with Crippen molar-refractivity contribution in [2.75, 3.05) is 0 Å². The van der Waals surface area contributed by atoms with Crippen molar-refractivity contribution >= 4 is 32.6 Å². The normalized spacial score (nSPS) is 10.8. The Labute approximate surface area is 192 Å². The summed E-state index contributed by atoms with van der Waals surface area (Å²) >= 11 is 0. The third kappa shape index (κ3) is 4.72. The van der Waals surface area contributed by atoms with Gasteiger partial charge in [0, 0.05) is 16.4 Å². The predicted octanol–water partition coefficient (Wildman–Crippen LogP) is 6.41. The first-order chi connectivity index (χ1) is 15.1. The Morgan fingerprint density at radius 1 is 0.625 bits per heavy atom. The van der Waals surface area contributed by atoms with Crippen LogP contribution in [0.5, 0.6) is 0 Å². The predicted molar refractivity (Wildman–Crippen MR) is 134 cm³/mol. The molecule has 4 nitrogen and oxygen atoms in total. The summed E-state index contributed by atoms with van der Waals surface area (Å²) in [5.41, 5.74) is 4.56. The fourth-order valence-corrected chi connectivity index (χ4v) is 6.89. The molecule has 0 bridgehead atoms. The second-order valence-corrected chi connectivity index (χ2v) is 10.6. The summed E-state index contributed by atoms with van der Waals surface area (Å²) in [5.74, 6) is 0. The van der Waals surface area contributed by atoms with Gasteiger partial charge in [-0.3, -0.25) is 9.59 Å². The molecule has 0 aliphatic rings. The Bertz CT molecular complexity index is 1110. The van der Waals surface area contributed by atoms with E-state index in [1.54, 1.807) is 30.3 Å². The Balaban J connectivity index is 0.00000176. The van der Waals surface area contributed by atoms with Gasteiger partial charge in [0.05, 0.1) is 0 Å². The van der Waals surface area contributed by atoms with E-state index in [4.69, 9.17) is 4.57 Å². The molecule has 0 aliphatic carbocycles. The molecule has 0 fully saturated rings. The maximum Gasteiger partial charge on any atom is 0.310 e. The molecule has 0 aromatic heterocycles. The van der Waals surface area contributed by atoms with Crippen molar-refractivity contribution in [1.82, 2.24) is 0 Å².